The van der Waals surface area contributed by atoms with Crippen LogP contribution in [0.2, 0.25) is 0 Å². The molecule has 1 aliphatic rings. The minimum absolute atomic E-state index is 0.167. The van der Waals surface area contributed by atoms with Crippen molar-refractivity contribution in [3.63, 3.8) is 0 Å². The first kappa shape index (κ1) is 16.9. The second kappa shape index (κ2) is 6.29. The predicted octanol–water partition coefficient (Wildman–Crippen LogP) is 0.827. The summed E-state index contributed by atoms with van der Waals surface area (Å²) < 4.78 is 5.67. The normalized spacial score (nSPS) is 19.6. The summed E-state index contributed by atoms with van der Waals surface area (Å²) in [5.74, 6) is -0.248. The van der Waals surface area contributed by atoms with Gasteiger partial charge in [0.2, 0.25) is 5.82 Å². The van der Waals surface area contributed by atoms with Crippen LogP contribution in [0.4, 0.5) is 5.69 Å². The van der Waals surface area contributed by atoms with Crippen LogP contribution in [0.15, 0.2) is 52.1 Å². The molecular formula is C18H15N5O4. The molecular weight excluding hydrogens is 350 g/mol. The van der Waals surface area contributed by atoms with E-state index in [0.717, 1.165) is 11.1 Å². The number of ether oxygens (including phenoxy) is 1. The highest BCUT2D eigenvalue weighted by Crippen LogP contribution is 2.38. The summed E-state index contributed by atoms with van der Waals surface area (Å²) in [6.45, 7) is 0. The first-order valence-electron chi connectivity index (χ1n) is 8.11. The number of allylic oxidation sites excluding steroid dienone is 2. The van der Waals surface area contributed by atoms with Crippen LogP contribution in [-0.4, -0.2) is 38.6 Å². The molecule has 1 heterocycles. The maximum Gasteiger partial charge on any atom is 0.271 e. The molecule has 4 rings (SSSR count). The number of rotatable bonds is 5. The largest absolute Gasteiger partial charge is 0.502 e. The fourth-order valence-electron chi connectivity index (χ4n) is 3.09. The van der Waals surface area contributed by atoms with E-state index < -0.39 is 22.3 Å². The molecule has 9 nitrogen and oxygen atoms in total. The maximum absolute atomic E-state index is 11.8. The Hall–Kier alpha value is -3.59. The van der Waals surface area contributed by atoms with Crippen molar-refractivity contribution >= 4 is 16.8 Å². The van der Waals surface area contributed by atoms with Gasteiger partial charge in [-0.1, -0.05) is 30.3 Å². The second-order valence-corrected chi connectivity index (χ2v) is 6.15. The van der Waals surface area contributed by atoms with Gasteiger partial charge >= 0.3 is 0 Å². The molecule has 0 fully saturated rings. The summed E-state index contributed by atoms with van der Waals surface area (Å²) in [5.41, 5.74) is -0.596. The SMILES string of the molecule is COC1(Nc2c(O)c(=O)c2=O)C=C(c2nn[nH]n2)C=C(c2ccccc2)C1. The van der Waals surface area contributed by atoms with E-state index in [0.29, 0.717) is 17.8 Å². The Bertz CT molecular complexity index is 1110. The van der Waals surface area contributed by atoms with Crippen molar-refractivity contribution in [3.8, 4) is 5.75 Å². The summed E-state index contributed by atoms with van der Waals surface area (Å²) in [6, 6.07) is 9.62. The fourth-order valence-corrected chi connectivity index (χ4v) is 3.09. The molecule has 1 aromatic heterocycles. The molecule has 27 heavy (non-hydrogen) atoms. The molecule has 0 saturated heterocycles. The average Bonchev–Trinajstić information content (AvgIpc) is 3.26. The maximum atomic E-state index is 11.8. The smallest absolute Gasteiger partial charge is 0.271 e. The average molecular weight is 365 g/mol. The molecule has 0 saturated carbocycles. The number of nitrogens with one attached hydrogen (secondary N) is 2. The first-order valence-corrected chi connectivity index (χ1v) is 8.11. The number of H-pyrrole nitrogens is 1. The molecule has 1 aliphatic carbocycles. The lowest BCUT2D eigenvalue weighted by atomic mass is 9.87. The highest BCUT2D eigenvalue weighted by molar-refractivity contribution is 5.86. The van der Waals surface area contributed by atoms with Gasteiger partial charge in [0.1, 0.15) is 5.69 Å². The van der Waals surface area contributed by atoms with E-state index in [-0.39, 0.29) is 5.69 Å². The van der Waals surface area contributed by atoms with Crippen molar-refractivity contribution < 1.29 is 9.84 Å². The lowest BCUT2D eigenvalue weighted by Crippen LogP contribution is -2.45. The number of methoxy groups -OCH3 is 1. The van der Waals surface area contributed by atoms with Crippen LogP contribution >= 0.6 is 0 Å². The van der Waals surface area contributed by atoms with Gasteiger partial charge in [0.05, 0.1) is 0 Å². The van der Waals surface area contributed by atoms with E-state index >= 15 is 0 Å². The summed E-state index contributed by atoms with van der Waals surface area (Å²) in [5, 5.41) is 26.6. The van der Waals surface area contributed by atoms with Crippen molar-refractivity contribution in [2.45, 2.75) is 12.1 Å². The van der Waals surface area contributed by atoms with Gasteiger partial charge in [0, 0.05) is 19.1 Å². The molecule has 0 aliphatic heterocycles. The molecule has 1 unspecified atom stereocenters. The van der Waals surface area contributed by atoms with E-state index in [9.17, 15) is 14.7 Å². The number of hydrogen-bond donors (Lipinski definition) is 3. The zero-order chi connectivity index (χ0) is 19.0. The lowest BCUT2D eigenvalue weighted by Gasteiger charge is -2.35. The number of benzene rings is 1. The van der Waals surface area contributed by atoms with Crippen molar-refractivity contribution in [3.05, 3.63) is 74.3 Å². The van der Waals surface area contributed by atoms with Crippen LogP contribution < -0.4 is 16.2 Å². The topological polar surface area (TPSA) is 130 Å². The van der Waals surface area contributed by atoms with Gasteiger partial charge in [-0.05, 0) is 28.5 Å². The molecule has 3 N–H and O–H groups in total. The highest BCUT2D eigenvalue weighted by atomic mass is 16.5. The molecule has 0 bridgehead atoms. The number of tetrazole rings is 1. The van der Waals surface area contributed by atoms with Gasteiger partial charge in [-0.25, -0.2) is 0 Å². The molecule has 0 amide bonds. The number of aromatic nitrogens is 4. The van der Waals surface area contributed by atoms with Crippen molar-refractivity contribution in [1.29, 1.82) is 0 Å². The number of anilines is 1. The van der Waals surface area contributed by atoms with Crippen LogP contribution in [-0.2, 0) is 4.74 Å². The number of aromatic hydroxyl groups is 1. The minimum atomic E-state index is -1.18. The van der Waals surface area contributed by atoms with Crippen LogP contribution in [0.1, 0.15) is 17.8 Å². The van der Waals surface area contributed by atoms with Crippen molar-refractivity contribution in [2.24, 2.45) is 0 Å². The Morgan fingerprint density at radius 2 is 2.00 bits per heavy atom. The van der Waals surface area contributed by atoms with E-state index in [4.69, 9.17) is 4.74 Å². The van der Waals surface area contributed by atoms with Gasteiger partial charge in [-0.15, -0.1) is 10.2 Å². The third-order valence-corrected chi connectivity index (χ3v) is 4.51. The molecule has 0 spiro atoms. The van der Waals surface area contributed by atoms with E-state index in [1.54, 1.807) is 6.08 Å². The second-order valence-electron chi connectivity index (χ2n) is 6.15. The number of aromatic amines is 1. The first-order chi connectivity index (χ1) is 13.0. The monoisotopic (exact) mass is 365 g/mol. The molecule has 9 heteroatoms. The van der Waals surface area contributed by atoms with E-state index in [1.165, 1.54) is 7.11 Å². The third kappa shape index (κ3) is 2.83. The molecule has 3 aromatic rings. The summed E-state index contributed by atoms with van der Waals surface area (Å²) in [4.78, 5) is 23.2. The predicted molar refractivity (Wildman–Crippen MR) is 97.6 cm³/mol. The summed E-state index contributed by atoms with van der Waals surface area (Å²) >= 11 is 0. The van der Waals surface area contributed by atoms with Gasteiger partial charge in [0.25, 0.3) is 10.9 Å². The van der Waals surface area contributed by atoms with Crippen LogP contribution in [0, 0.1) is 0 Å². The van der Waals surface area contributed by atoms with Crippen molar-refractivity contribution in [1.82, 2.24) is 20.6 Å². The van der Waals surface area contributed by atoms with Crippen LogP contribution in [0.5, 0.6) is 5.75 Å². The van der Waals surface area contributed by atoms with E-state index in [1.807, 2.05) is 36.4 Å². The Kier molecular flexibility index (Phi) is 3.93. The van der Waals surface area contributed by atoms with Gasteiger partial charge in [0.15, 0.2) is 11.5 Å². The standard InChI is InChI=1S/C18H15N5O4/c1-27-18(19-13-14(24)16(26)15(13)25)8-11(10-5-3-2-4-6-10)7-12(9-18)17-20-22-23-21-17/h2-7,9,19,24H,8H2,1H3,(H,20,21,22,23). The Morgan fingerprint density at radius 1 is 1.22 bits per heavy atom. The molecule has 1 atom stereocenters. The van der Waals surface area contributed by atoms with Crippen molar-refractivity contribution in [2.75, 3.05) is 12.4 Å². The zero-order valence-electron chi connectivity index (χ0n) is 14.3. The molecule has 0 radical (unpaired) electrons. The number of nitrogens with zero attached hydrogens (tertiary/aromatic N) is 3. The summed E-state index contributed by atoms with van der Waals surface area (Å²) in [6.07, 6.45) is 3.94. The minimum Gasteiger partial charge on any atom is -0.502 e. The quantitative estimate of drug-likeness (QED) is 0.448. The third-order valence-electron chi connectivity index (χ3n) is 4.51. The van der Waals surface area contributed by atoms with E-state index in [2.05, 4.69) is 25.9 Å². The molecule has 136 valence electrons. The molecule has 2 aromatic carbocycles. The van der Waals surface area contributed by atoms with Gasteiger partial charge < -0.3 is 15.2 Å². The van der Waals surface area contributed by atoms with Crippen LogP contribution in [0.25, 0.3) is 11.1 Å². The van der Waals surface area contributed by atoms with Gasteiger partial charge in [-0.2, -0.15) is 5.21 Å². The number of hydrogen-bond acceptors (Lipinski definition) is 8. The fraction of sp³-hybridized carbons (Fsp3) is 0.167. The Labute approximate surface area is 152 Å². The highest BCUT2D eigenvalue weighted by Gasteiger charge is 2.37. The van der Waals surface area contributed by atoms with Crippen LogP contribution in [0.3, 0.4) is 0 Å². The Balaban J connectivity index is 1.81. The zero-order valence-corrected chi connectivity index (χ0v) is 14.3. The Morgan fingerprint density at radius 3 is 2.63 bits per heavy atom. The lowest BCUT2D eigenvalue weighted by molar-refractivity contribution is 0.0608. The van der Waals surface area contributed by atoms with Gasteiger partial charge in [-0.3, -0.25) is 9.59 Å². The summed E-state index contributed by atoms with van der Waals surface area (Å²) in [7, 11) is 1.47.